The lowest BCUT2D eigenvalue weighted by molar-refractivity contribution is -0.137. The Kier molecular flexibility index (Phi) is 5.45. The molecule has 4 nitrogen and oxygen atoms in total. The number of carbonyl (C=O) groups excluding carboxylic acids is 1. The largest absolute Gasteiger partial charge is 0.462 e. The molecule has 4 heteroatoms. The molecule has 0 aliphatic rings. The summed E-state index contributed by atoms with van der Waals surface area (Å²) in [6.07, 6.45) is 1.64. The molecule has 0 unspecified atom stereocenters. The molecule has 1 aromatic heterocycles. The van der Waals surface area contributed by atoms with Crippen molar-refractivity contribution in [1.29, 1.82) is 5.26 Å². The smallest absolute Gasteiger partial charge is 0.348 e. The van der Waals surface area contributed by atoms with Crippen molar-refractivity contribution in [3.8, 4) is 23.0 Å². The highest BCUT2D eigenvalue weighted by atomic mass is 16.5. The van der Waals surface area contributed by atoms with E-state index in [2.05, 4.69) is 4.57 Å². The number of ether oxygens (including phenoxy) is 1. The lowest BCUT2D eigenvalue weighted by Gasteiger charge is -2.12. The van der Waals surface area contributed by atoms with E-state index < -0.39 is 5.97 Å². The van der Waals surface area contributed by atoms with Crippen LogP contribution in [0.5, 0.6) is 0 Å². The van der Waals surface area contributed by atoms with E-state index in [1.165, 1.54) is 0 Å². The van der Waals surface area contributed by atoms with Crippen molar-refractivity contribution in [2.45, 2.75) is 6.92 Å². The first-order valence-electron chi connectivity index (χ1n) is 9.77. The number of rotatable bonds is 5. The number of benzene rings is 3. The van der Waals surface area contributed by atoms with Gasteiger partial charge in [0.05, 0.1) is 17.8 Å². The Morgan fingerprint density at radius 3 is 2.27 bits per heavy atom. The van der Waals surface area contributed by atoms with Crippen LogP contribution in [0.1, 0.15) is 12.5 Å². The van der Waals surface area contributed by atoms with Crippen molar-refractivity contribution in [2.24, 2.45) is 0 Å². The number of hydrogen-bond acceptors (Lipinski definition) is 3. The third-order valence-corrected chi connectivity index (χ3v) is 4.88. The van der Waals surface area contributed by atoms with E-state index in [0.717, 1.165) is 33.4 Å². The number of nitriles is 1. The van der Waals surface area contributed by atoms with Crippen LogP contribution in [-0.2, 0) is 9.53 Å². The molecule has 0 radical (unpaired) electrons. The molecule has 4 aromatic rings. The molecule has 0 aliphatic carbocycles. The maximum Gasteiger partial charge on any atom is 0.348 e. The minimum Gasteiger partial charge on any atom is -0.462 e. The fourth-order valence-corrected chi connectivity index (χ4v) is 3.63. The van der Waals surface area contributed by atoms with Crippen molar-refractivity contribution in [3.05, 3.63) is 96.1 Å². The second-order valence-corrected chi connectivity index (χ2v) is 6.71. The van der Waals surface area contributed by atoms with Gasteiger partial charge in [-0.25, -0.2) is 4.79 Å². The SMILES string of the molecule is CCOC(=O)C(C#N)=Cc1c(-c2ccccc2)n(-c2ccccc2)c2ccccc12. The Morgan fingerprint density at radius 2 is 1.60 bits per heavy atom. The second-order valence-electron chi connectivity index (χ2n) is 6.71. The molecule has 146 valence electrons. The summed E-state index contributed by atoms with van der Waals surface area (Å²) in [5.41, 5.74) is 4.69. The molecule has 0 fully saturated rings. The molecule has 0 aliphatic heterocycles. The summed E-state index contributed by atoms with van der Waals surface area (Å²) < 4.78 is 7.24. The fourth-order valence-electron chi connectivity index (χ4n) is 3.63. The van der Waals surface area contributed by atoms with Gasteiger partial charge >= 0.3 is 5.97 Å². The number of esters is 1. The van der Waals surface area contributed by atoms with E-state index in [1.54, 1.807) is 13.0 Å². The normalized spacial score (nSPS) is 11.3. The van der Waals surface area contributed by atoms with Crippen LogP contribution in [0.25, 0.3) is 33.9 Å². The van der Waals surface area contributed by atoms with Crippen molar-refractivity contribution in [2.75, 3.05) is 6.61 Å². The number of hydrogen-bond donors (Lipinski definition) is 0. The average molecular weight is 392 g/mol. The third-order valence-electron chi connectivity index (χ3n) is 4.88. The van der Waals surface area contributed by atoms with Gasteiger partial charge in [0.2, 0.25) is 0 Å². The van der Waals surface area contributed by atoms with E-state index >= 15 is 0 Å². The number of carbonyl (C=O) groups is 1. The van der Waals surface area contributed by atoms with Gasteiger partial charge in [-0.3, -0.25) is 0 Å². The highest BCUT2D eigenvalue weighted by Gasteiger charge is 2.20. The topological polar surface area (TPSA) is 55.0 Å². The van der Waals surface area contributed by atoms with Crippen molar-refractivity contribution in [3.63, 3.8) is 0 Å². The minimum absolute atomic E-state index is 0.0232. The maximum absolute atomic E-state index is 12.3. The molecule has 0 atom stereocenters. The van der Waals surface area contributed by atoms with Gasteiger partial charge < -0.3 is 9.30 Å². The van der Waals surface area contributed by atoms with Crippen LogP contribution in [0, 0.1) is 11.3 Å². The van der Waals surface area contributed by atoms with Gasteiger partial charge in [-0.2, -0.15) is 5.26 Å². The Hall–Kier alpha value is -4.10. The first-order chi connectivity index (χ1) is 14.7. The molecule has 30 heavy (non-hydrogen) atoms. The van der Waals surface area contributed by atoms with Gasteiger partial charge in [-0.15, -0.1) is 0 Å². The van der Waals surface area contributed by atoms with Gasteiger partial charge in [-0.05, 0) is 36.8 Å². The Labute approximate surface area is 175 Å². The second kappa shape index (κ2) is 8.50. The number of nitrogens with zero attached hydrogens (tertiary/aromatic N) is 2. The highest BCUT2D eigenvalue weighted by molar-refractivity contribution is 6.05. The van der Waals surface area contributed by atoms with Crippen LogP contribution in [0.2, 0.25) is 0 Å². The third kappa shape index (κ3) is 3.49. The molecule has 1 heterocycles. The van der Waals surface area contributed by atoms with E-state index in [4.69, 9.17) is 4.74 Å². The minimum atomic E-state index is -0.615. The lowest BCUT2D eigenvalue weighted by Crippen LogP contribution is -2.06. The van der Waals surface area contributed by atoms with Crippen LogP contribution >= 0.6 is 0 Å². The van der Waals surface area contributed by atoms with Gasteiger partial charge in [0.1, 0.15) is 11.6 Å². The Balaban J connectivity index is 2.10. The molecule has 0 N–H and O–H groups in total. The lowest BCUT2D eigenvalue weighted by atomic mass is 10.0. The monoisotopic (exact) mass is 392 g/mol. The predicted octanol–water partition coefficient (Wildman–Crippen LogP) is 5.77. The molecular weight excluding hydrogens is 372 g/mol. The molecule has 4 rings (SSSR count). The molecule has 3 aromatic carbocycles. The van der Waals surface area contributed by atoms with Gasteiger partial charge in [0, 0.05) is 16.6 Å². The average Bonchev–Trinajstić information content (AvgIpc) is 3.13. The molecule has 0 amide bonds. The van der Waals surface area contributed by atoms with Crippen LogP contribution < -0.4 is 0 Å². The van der Waals surface area contributed by atoms with Crippen molar-refractivity contribution in [1.82, 2.24) is 4.57 Å². The van der Waals surface area contributed by atoms with Gasteiger partial charge in [0.15, 0.2) is 0 Å². The molecule has 0 bridgehead atoms. The predicted molar refractivity (Wildman–Crippen MR) is 119 cm³/mol. The summed E-state index contributed by atoms with van der Waals surface area (Å²) in [5.74, 6) is -0.615. The molecular formula is C26H20N2O2. The zero-order valence-corrected chi connectivity index (χ0v) is 16.6. The zero-order valence-electron chi connectivity index (χ0n) is 16.6. The van der Waals surface area contributed by atoms with Crippen LogP contribution in [0.15, 0.2) is 90.5 Å². The molecule has 0 spiro atoms. The molecule has 0 saturated carbocycles. The van der Waals surface area contributed by atoms with Crippen LogP contribution in [-0.4, -0.2) is 17.1 Å². The number of fused-ring (bicyclic) bond motifs is 1. The van der Waals surface area contributed by atoms with Crippen LogP contribution in [0.3, 0.4) is 0 Å². The quantitative estimate of drug-likeness (QED) is 0.246. The summed E-state index contributed by atoms with van der Waals surface area (Å²) in [6.45, 7) is 1.94. The number of para-hydroxylation sites is 2. The molecule has 0 saturated heterocycles. The van der Waals surface area contributed by atoms with Crippen molar-refractivity contribution >= 4 is 22.9 Å². The Morgan fingerprint density at radius 1 is 0.967 bits per heavy atom. The standard InChI is InChI=1S/C26H20N2O2/c1-2-30-26(29)20(18-27)17-23-22-15-9-10-16-24(22)28(21-13-7-4-8-14-21)25(23)19-11-5-3-6-12-19/h3-17H,2H2,1H3. The van der Waals surface area contributed by atoms with E-state index in [0.29, 0.717) is 0 Å². The van der Waals surface area contributed by atoms with E-state index in [-0.39, 0.29) is 12.2 Å². The summed E-state index contributed by atoms with van der Waals surface area (Å²) in [6, 6.07) is 30.0. The van der Waals surface area contributed by atoms with Crippen LogP contribution in [0.4, 0.5) is 0 Å². The van der Waals surface area contributed by atoms with E-state index in [9.17, 15) is 10.1 Å². The van der Waals surface area contributed by atoms with E-state index in [1.807, 2.05) is 91.0 Å². The summed E-state index contributed by atoms with van der Waals surface area (Å²) in [5, 5.41) is 10.6. The van der Waals surface area contributed by atoms with Gasteiger partial charge in [0.25, 0.3) is 0 Å². The number of aromatic nitrogens is 1. The summed E-state index contributed by atoms with van der Waals surface area (Å²) >= 11 is 0. The van der Waals surface area contributed by atoms with Crippen molar-refractivity contribution < 1.29 is 9.53 Å². The first-order valence-corrected chi connectivity index (χ1v) is 9.77. The first kappa shape index (κ1) is 19.2. The summed E-state index contributed by atoms with van der Waals surface area (Å²) in [7, 11) is 0. The highest BCUT2D eigenvalue weighted by Crippen LogP contribution is 2.37. The zero-order chi connectivity index (χ0) is 20.9. The van der Waals surface area contributed by atoms with Gasteiger partial charge in [-0.1, -0.05) is 66.7 Å². The Bertz CT molecular complexity index is 1260. The fraction of sp³-hybridized carbons (Fsp3) is 0.0769. The summed E-state index contributed by atoms with van der Waals surface area (Å²) in [4.78, 5) is 12.3. The maximum atomic E-state index is 12.3.